The van der Waals surface area contributed by atoms with Gasteiger partial charge in [0.25, 0.3) is 0 Å². The maximum atomic E-state index is 10.8. The van der Waals surface area contributed by atoms with E-state index in [1.165, 1.54) is 11.3 Å². The van der Waals surface area contributed by atoms with E-state index in [9.17, 15) is 9.70 Å². The number of hydrogen-bond acceptors (Lipinski definition) is 4. The molecule has 1 heterocycles. The molecule has 0 radical (unpaired) electrons. The van der Waals surface area contributed by atoms with E-state index < -0.39 is 5.97 Å². The van der Waals surface area contributed by atoms with Gasteiger partial charge in [-0.25, -0.2) is 4.79 Å². The minimum atomic E-state index is -0.908. The molecule has 0 saturated heterocycles. The molecule has 4 nitrogen and oxygen atoms in total. The van der Waals surface area contributed by atoms with Crippen molar-refractivity contribution in [3.8, 4) is 0 Å². The Kier molecular flexibility index (Phi) is 2.33. The lowest BCUT2D eigenvalue weighted by Gasteiger charge is -2.16. The Balaban J connectivity index is 2.47. The van der Waals surface area contributed by atoms with Gasteiger partial charge in [-0.1, -0.05) is 5.18 Å². The van der Waals surface area contributed by atoms with Gasteiger partial charge in [0, 0.05) is 10.3 Å². The van der Waals surface area contributed by atoms with E-state index in [1.54, 1.807) is 5.38 Å². The van der Waals surface area contributed by atoms with Crippen LogP contribution < -0.4 is 0 Å². The first-order chi connectivity index (χ1) is 6.74. The molecule has 1 unspecified atom stereocenters. The van der Waals surface area contributed by atoms with E-state index in [0.29, 0.717) is 5.56 Å². The first-order valence-electron chi connectivity index (χ1n) is 4.40. The standard InChI is InChI=1S/C9H9NO3S/c11-9(12)6-4-14-8-5(6)2-1-3-7(8)10-13/h4,7H,1-3H2,(H,11,12). The van der Waals surface area contributed by atoms with Crippen LogP contribution in [0.4, 0.5) is 0 Å². The van der Waals surface area contributed by atoms with Gasteiger partial charge in [-0.05, 0) is 24.8 Å². The molecule has 0 fully saturated rings. The highest BCUT2D eigenvalue weighted by molar-refractivity contribution is 7.10. The lowest BCUT2D eigenvalue weighted by molar-refractivity contribution is 0.0696. The SMILES string of the molecule is O=NC1CCCc2c(C(=O)O)csc21. The van der Waals surface area contributed by atoms with Crippen molar-refractivity contribution in [3.05, 3.63) is 26.3 Å². The molecule has 1 aromatic rings. The Hall–Kier alpha value is -1.23. The van der Waals surface area contributed by atoms with Crippen molar-refractivity contribution in [2.45, 2.75) is 25.3 Å². The third kappa shape index (κ3) is 1.33. The van der Waals surface area contributed by atoms with Gasteiger partial charge in [0.1, 0.15) is 6.04 Å². The van der Waals surface area contributed by atoms with Crippen LogP contribution in [-0.4, -0.2) is 11.1 Å². The van der Waals surface area contributed by atoms with Crippen molar-refractivity contribution >= 4 is 17.3 Å². The van der Waals surface area contributed by atoms with Gasteiger partial charge < -0.3 is 5.11 Å². The Morgan fingerprint density at radius 1 is 1.64 bits per heavy atom. The zero-order chi connectivity index (χ0) is 10.1. The van der Waals surface area contributed by atoms with E-state index in [4.69, 9.17) is 5.11 Å². The molecule has 74 valence electrons. The zero-order valence-electron chi connectivity index (χ0n) is 7.40. The summed E-state index contributed by atoms with van der Waals surface area (Å²) in [5.41, 5.74) is 1.16. The molecule has 14 heavy (non-hydrogen) atoms. The predicted octanol–water partition coefficient (Wildman–Crippen LogP) is 2.59. The molecule has 0 saturated carbocycles. The molecule has 0 amide bonds. The number of aromatic carboxylic acids is 1. The summed E-state index contributed by atoms with van der Waals surface area (Å²) in [5, 5.41) is 13.5. The van der Waals surface area contributed by atoms with Crippen molar-refractivity contribution in [1.82, 2.24) is 0 Å². The van der Waals surface area contributed by atoms with Crippen LogP contribution >= 0.6 is 11.3 Å². The van der Waals surface area contributed by atoms with Crippen LogP contribution in [0, 0.1) is 4.91 Å². The molecule has 0 bridgehead atoms. The summed E-state index contributed by atoms with van der Waals surface area (Å²) in [6.07, 6.45) is 2.35. The fraction of sp³-hybridized carbons (Fsp3) is 0.444. The first-order valence-corrected chi connectivity index (χ1v) is 5.28. The molecule has 1 N–H and O–H groups in total. The number of nitroso groups, excluding NO2 is 1. The molecule has 0 aliphatic heterocycles. The molecule has 0 spiro atoms. The summed E-state index contributed by atoms with van der Waals surface area (Å²) in [7, 11) is 0. The quantitative estimate of drug-likeness (QED) is 0.764. The van der Waals surface area contributed by atoms with Gasteiger partial charge in [0.2, 0.25) is 0 Å². The van der Waals surface area contributed by atoms with Gasteiger partial charge >= 0.3 is 5.97 Å². The fourth-order valence-electron chi connectivity index (χ4n) is 1.82. The Morgan fingerprint density at radius 2 is 2.43 bits per heavy atom. The van der Waals surface area contributed by atoms with Crippen molar-refractivity contribution in [3.63, 3.8) is 0 Å². The largest absolute Gasteiger partial charge is 0.478 e. The Morgan fingerprint density at radius 3 is 3.07 bits per heavy atom. The van der Waals surface area contributed by atoms with Crippen LogP contribution in [0.1, 0.15) is 39.7 Å². The minimum Gasteiger partial charge on any atom is -0.478 e. The highest BCUT2D eigenvalue weighted by Crippen LogP contribution is 2.38. The average molecular weight is 211 g/mol. The van der Waals surface area contributed by atoms with Crippen molar-refractivity contribution < 1.29 is 9.90 Å². The summed E-state index contributed by atoms with van der Waals surface area (Å²) in [5.74, 6) is -0.908. The third-order valence-corrected chi connectivity index (χ3v) is 3.62. The van der Waals surface area contributed by atoms with E-state index in [0.717, 1.165) is 29.7 Å². The summed E-state index contributed by atoms with van der Waals surface area (Å²) in [6.45, 7) is 0. The second-order valence-electron chi connectivity index (χ2n) is 3.31. The number of hydrogen-bond donors (Lipinski definition) is 1. The fourth-order valence-corrected chi connectivity index (χ4v) is 2.98. The number of carboxylic acids is 1. The van der Waals surface area contributed by atoms with Gasteiger partial charge in [0.05, 0.1) is 5.56 Å². The Labute approximate surface area is 84.5 Å². The predicted molar refractivity (Wildman–Crippen MR) is 52.8 cm³/mol. The minimum absolute atomic E-state index is 0.322. The summed E-state index contributed by atoms with van der Waals surface area (Å²) in [4.78, 5) is 22.2. The van der Waals surface area contributed by atoms with Crippen LogP contribution in [0.2, 0.25) is 0 Å². The molecule has 1 aromatic heterocycles. The first kappa shape index (κ1) is 9.33. The number of rotatable bonds is 2. The summed E-state index contributed by atoms with van der Waals surface area (Å²) in [6, 6.07) is -0.322. The van der Waals surface area contributed by atoms with Crippen LogP contribution in [-0.2, 0) is 6.42 Å². The molecule has 1 aliphatic rings. The number of thiophene rings is 1. The summed E-state index contributed by atoms with van der Waals surface area (Å²) >= 11 is 1.34. The average Bonchev–Trinajstić information content (AvgIpc) is 2.60. The van der Waals surface area contributed by atoms with Crippen molar-refractivity contribution in [2.24, 2.45) is 5.18 Å². The lowest BCUT2D eigenvalue weighted by Crippen LogP contribution is -2.08. The van der Waals surface area contributed by atoms with Crippen LogP contribution in [0.5, 0.6) is 0 Å². The van der Waals surface area contributed by atoms with Crippen LogP contribution in [0.15, 0.2) is 10.6 Å². The molecule has 1 aliphatic carbocycles. The topological polar surface area (TPSA) is 66.7 Å². The molecular formula is C9H9NO3S. The maximum Gasteiger partial charge on any atom is 0.336 e. The third-order valence-electron chi connectivity index (χ3n) is 2.49. The number of nitrogens with zero attached hydrogens (tertiary/aromatic N) is 1. The molecule has 2 rings (SSSR count). The lowest BCUT2D eigenvalue weighted by atomic mass is 9.93. The Bertz CT molecular complexity index is 385. The highest BCUT2D eigenvalue weighted by atomic mass is 32.1. The van der Waals surface area contributed by atoms with Crippen molar-refractivity contribution in [2.75, 3.05) is 0 Å². The van der Waals surface area contributed by atoms with Gasteiger partial charge in [-0.3, -0.25) is 0 Å². The number of fused-ring (bicyclic) bond motifs is 1. The van der Waals surface area contributed by atoms with Crippen LogP contribution in [0.25, 0.3) is 0 Å². The summed E-state index contributed by atoms with van der Waals surface area (Å²) < 4.78 is 0. The van der Waals surface area contributed by atoms with E-state index in [2.05, 4.69) is 5.18 Å². The molecule has 5 heteroatoms. The second-order valence-corrected chi connectivity index (χ2v) is 4.22. The number of carboxylic acid groups (broad SMARTS) is 1. The normalized spacial score (nSPS) is 20.1. The monoisotopic (exact) mass is 211 g/mol. The van der Waals surface area contributed by atoms with Gasteiger partial charge in [-0.15, -0.1) is 11.3 Å². The van der Waals surface area contributed by atoms with Crippen molar-refractivity contribution in [1.29, 1.82) is 0 Å². The molecule has 1 atom stereocenters. The van der Waals surface area contributed by atoms with Crippen LogP contribution in [0.3, 0.4) is 0 Å². The zero-order valence-corrected chi connectivity index (χ0v) is 8.21. The van der Waals surface area contributed by atoms with E-state index in [1.807, 2.05) is 0 Å². The smallest absolute Gasteiger partial charge is 0.336 e. The second kappa shape index (κ2) is 3.49. The number of carbonyl (C=O) groups is 1. The highest BCUT2D eigenvalue weighted by Gasteiger charge is 2.27. The molecular weight excluding hydrogens is 202 g/mol. The van der Waals surface area contributed by atoms with E-state index >= 15 is 0 Å². The maximum absolute atomic E-state index is 10.8. The van der Waals surface area contributed by atoms with Gasteiger partial charge in [-0.2, -0.15) is 4.91 Å². The van der Waals surface area contributed by atoms with Gasteiger partial charge in [0.15, 0.2) is 0 Å². The molecule has 0 aromatic carbocycles. The van der Waals surface area contributed by atoms with E-state index in [-0.39, 0.29) is 6.04 Å².